The third kappa shape index (κ3) is 4.03. The number of hydrogen-bond donors (Lipinski definition) is 2. The maximum atomic E-state index is 13.8. The van der Waals surface area contributed by atoms with Crippen molar-refractivity contribution >= 4 is 10.0 Å². The molecule has 1 aromatic rings. The second kappa shape index (κ2) is 6.73. The van der Waals surface area contributed by atoms with E-state index in [4.69, 9.17) is 5.26 Å². The van der Waals surface area contributed by atoms with E-state index < -0.39 is 26.3 Å². The summed E-state index contributed by atoms with van der Waals surface area (Å²) in [4.78, 5) is -0.510. The van der Waals surface area contributed by atoms with Crippen LogP contribution in [0.25, 0.3) is 0 Å². The molecule has 0 unspecified atom stereocenters. The summed E-state index contributed by atoms with van der Waals surface area (Å²) in [6.45, 7) is -0.130. The zero-order valence-electron chi connectivity index (χ0n) is 12.2. The Labute approximate surface area is 129 Å². The lowest BCUT2D eigenvalue weighted by Crippen LogP contribution is -2.42. The van der Waals surface area contributed by atoms with Gasteiger partial charge in [0.05, 0.1) is 17.2 Å². The summed E-state index contributed by atoms with van der Waals surface area (Å²) in [5.41, 5.74) is -1.02. The van der Waals surface area contributed by atoms with Crippen molar-refractivity contribution in [3.63, 3.8) is 0 Å². The Balaban J connectivity index is 2.12. The summed E-state index contributed by atoms with van der Waals surface area (Å²) < 4.78 is 40.5. The van der Waals surface area contributed by atoms with Crippen LogP contribution < -0.4 is 4.72 Å². The van der Waals surface area contributed by atoms with Crippen molar-refractivity contribution in [1.29, 1.82) is 5.26 Å². The topological polar surface area (TPSA) is 90.2 Å². The minimum Gasteiger partial charge on any atom is -0.389 e. The number of nitrogens with zero attached hydrogens (tertiary/aromatic N) is 1. The number of aliphatic hydroxyl groups is 1. The van der Waals surface area contributed by atoms with E-state index in [0.29, 0.717) is 12.8 Å². The van der Waals surface area contributed by atoms with Gasteiger partial charge in [-0.2, -0.15) is 5.26 Å². The predicted octanol–water partition coefficient (Wildman–Crippen LogP) is 2.06. The molecule has 1 aliphatic carbocycles. The van der Waals surface area contributed by atoms with Gasteiger partial charge in [0, 0.05) is 6.54 Å². The average Bonchev–Trinajstić information content (AvgIpc) is 2.70. The van der Waals surface area contributed by atoms with Crippen LogP contribution in [0.15, 0.2) is 23.1 Å². The van der Waals surface area contributed by atoms with Gasteiger partial charge in [-0.1, -0.05) is 25.7 Å². The Morgan fingerprint density at radius 3 is 2.45 bits per heavy atom. The van der Waals surface area contributed by atoms with Crippen molar-refractivity contribution in [2.24, 2.45) is 0 Å². The van der Waals surface area contributed by atoms with Crippen LogP contribution in [-0.4, -0.2) is 25.7 Å². The zero-order valence-corrected chi connectivity index (χ0v) is 13.0. The predicted molar refractivity (Wildman–Crippen MR) is 79.0 cm³/mol. The van der Waals surface area contributed by atoms with Crippen molar-refractivity contribution in [2.45, 2.75) is 49.0 Å². The third-order valence-electron chi connectivity index (χ3n) is 3.98. The van der Waals surface area contributed by atoms with Gasteiger partial charge in [-0.05, 0) is 31.0 Å². The minimum absolute atomic E-state index is 0.0545. The summed E-state index contributed by atoms with van der Waals surface area (Å²) >= 11 is 0. The van der Waals surface area contributed by atoms with Gasteiger partial charge in [0.2, 0.25) is 10.0 Å². The van der Waals surface area contributed by atoms with Crippen molar-refractivity contribution in [3.8, 4) is 6.07 Å². The molecular formula is C15H19FN2O3S. The second-order valence-electron chi connectivity index (χ2n) is 5.72. The molecule has 0 saturated heterocycles. The van der Waals surface area contributed by atoms with Crippen LogP contribution in [0.2, 0.25) is 0 Å². The molecule has 0 heterocycles. The number of nitriles is 1. The van der Waals surface area contributed by atoms with Crippen molar-refractivity contribution in [1.82, 2.24) is 4.72 Å². The molecule has 7 heteroatoms. The molecule has 2 N–H and O–H groups in total. The van der Waals surface area contributed by atoms with E-state index in [9.17, 15) is 17.9 Å². The summed E-state index contributed by atoms with van der Waals surface area (Å²) in [6.07, 6.45) is 4.82. The first-order valence-electron chi connectivity index (χ1n) is 7.28. The lowest BCUT2D eigenvalue weighted by Gasteiger charge is -2.26. The summed E-state index contributed by atoms with van der Waals surface area (Å²) in [5, 5.41) is 19.1. The van der Waals surface area contributed by atoms with E-state index in [1.807, 2.05) is 0 Å². The summed E-state index contributed by atoms with van der Waals surface area (Å²) in [5.74, 6) is -0.973. The number of benzene rings is 1. The van der Waals surface area contributed by atoms with Gasteiger partial charge < -0.3 is 5.11 Å². The maximum Gasteiger partial charge on any atom is 0.243 e. The molecule has 1 saturated carbocycles. The van der Waals surface area contributed by atoms with Gasteiger partial charge in [-0.15, -0.1) is 0 Å². The van der Waals surface area contributed by atoms with Gasteiger partial charge in [-0.3, -0.25) is 0 Å². The minimum atomic E-state index is -4.06. The SMILES string of the molecule is N#Cc1ccc(S(=O)(=O)NCC2(O)CCCCCC2)c(F)c1. The largest absolute Gasteiger partial charge is 0.389 e. The highest BCUT2D eigenvalue weighted by molar-refractivity contribution is 7.89. The van der Waals surface area contributed by atoms with E-state index in [1.54, 1.807) is 6.07 Å². The fraction of sp³-hybridized carbons (Fsp3) is 0.533. The molecule has 0 amide bonds. The normalized spacial score (nSPS) is 18.4. The third-order valence-corrected chi connectivity index (χ3v) is 5.41. The molecule has 0 bridgehead atoms. The van der Waals surface area contributed by atoms with Crippen LogP contribution in [0.4, 0.5) is 4.39 Å². The Morgan fingerprint density at radius 1 is 1.27 bits per heavy atom. The van der Waals surface area contributed by atoms with Crippen molar-refractivity contribution < 1.29 is 17.9 Å². The smallest absolute Gasteiger partial charge is 0.243 e. The van der Waals surface area contributed by atoms with Crippen molar-refractivity contribution in [2.75, 3.05) is 6.54 Å². The number of rotatable bonds is 4. The van der Waals surface area contributed by atoms with Gasteiger partial charge in [-0.25, -0.2) is 17.5 Å². The Kier molecular flexibility index (Phi) is 5.16. The number of halogens is 1. The number of nitrogens with one attached hydrogen (secondary N) is 1. The van der Waals surface area contributed by atoms with Crippen LogP contribution in [-0.2, 0) is 10.0 Å². The fourth-order valence-electron chi connectivity index (χ4n) is 2.66. The fourth-order valence-corrected chi connectivity index (χ4v) is 3.84. The highest BCUT2D eigenvalue weighted by atomic mass is 32.2. The van der Waals surface area contributed by atoms with Crippen LogP contribution in [0.1, 0.15) is 44.1 Å². The van der Waals surface area contributed by atoms with Crippen LogP contribution >= 0.6 is 0 Å². The monoisotopic (exact) mass is 326 g/mol. The Hall–Kier alpha value is -1.49. The van der Waals surface area contributed by atoms with Crippen molar-refractivity contribution in [3.05, 3.63) is 29.6 Å². The molecule has 1 aromatic carbocycles. The lowest BCUT2D eigenvalue weighted by molar-refractivity contribution is 0.0303. The highest BCUT2D eigenvalue weighted by Crippen LogP contribution is 2.27. The zero-order chi connectivity index (χ0) is 16.2. The van der Waals surface area contributed by atoms with Gasteiger partial charge in [0.15, 0.2) is 0 Å². The molecule has 0 atom stereocenters. The van der Waals surface area contributed by atoms with Gasteiger partial charge in [0.1, 0.15) is 10.7 Å². The molecular weight excluding hydrogens is 307 g/mol. The molecule has 1 aliphatic rings. The van der Waals surface area contributed by atoms with E-state index in [0.717, 1.165) is 37.8 Å². The Bertz CT molecular complexity index is 675. The molecule has 22 heavy (non-hydrogen) atoms. The van der Waals surface area contributed by atoms with Crippen LogP contribution in [0.3, 0.4) is 0 Å². The highest BCUT2D eigenvalue weighted by Gasteiger charge is 2.30. The number of hydrogen-bond acceptors (Lipinski definition) is 4. The molecule has 2 rings (SSSR count). The van der Waals surface area contributed by atoms with Gasteiger partial charge in [0.25, 0.3) is 0 Å². The molecule has 0 aromatic heterocycles. The number of sulfonamides is 1. The van der Waals surface area contributed by atoms with Gasteiger partial charge >= 0.3 is 0 Å². The van der Waals surface area contributed by atoms with E-state index in [-0.39, 0.29) is 12.1 Å². The van der Waals surface area contributed by atoms with Crippen LogP contribution in [0.5, 0.6) is 0 Å². The van der Waals surface area contributed by atoms with E-state index in [2.05, 4.69) is 4.72 Å². The summed E-state index contributed by atoms with van der Waals surface area (Å²) in [7, 11) is -4.06. The molecule has 0 spiro atoms. The molecule has 0 radical (unpaired) electrons. The molecule has 1 fully saturated rings. The summed E-state index contributed by atoms with van der Waals surface area (Å²) in [6, 6.07) is 4.94. The molecule has 120 valence electrons. The first-order valence-corrected chi connectivity index (χ1v) is 8.76. The first-order chi connectivity index (χ1) is 10.4. The standard InChI is InChI=1S/C15H19FN2O3S/c16-13-9-12(10-17)5-6-14(13)22(20,21)18-11-15(19)7-3-1-2-4-8-15/h5-6,9,18-19H,1-4,7-8,11H2. The first kappa shape index (κ1) is 16.9. The quantitative estimate of drug-likeness (QED) is 0.829. The lowest BCUT2D eigenvalue weighted by atomic mass is 9.95. The molecule has 5 nitrogen and oxygen atoms in total. The average molecular weight is 326 g/mol. The van der Waals surface area contributed by atoms with Crippen LogP contribution in [0, 0.1) is 17.1 Å². The Morgan fingerprint density at radius 2 is 1.91 bits per heavy atom. The van der Waals surface area contributed by atoms with E-state index in [1.165, 1.54) is 6.07 Å². The maximum absolute atomic E-state index is 13.8. The second-order valence-corrected chi connectivity index (χ2v) is 7.46. The van der Waals surface area contributed by atoms with E-state index >= 15 is 0 Å². The molecule has 0 aliphatic heterocycles.